The third kappa shape index (κ3) is 9.88. The molecule has 34 heavy (non-hydrogen) atoms. The van der Waals surface area contributed by atoms with Gasteiger partial charge in [-0.1, -0.05) is 42.3 Å². The number of rotatable bonds is 10. The van der Waals surface area contributed by atoms with Gasteiger partial charge in [0.25, 0.3) is 0 Å². The maximum absolute atomic E-state index is 12.4. The van der Waals surface area contributed by atoms with Crippen LogP contribution in [0.4, 0.5) is 4.39 Å². The van der Waals surface area contributed by atoms with Crippen molar-refractivity contribution in [3.8, 4) is 0 Å². The largest absolute Gasteiger partial charge is 0.481 e. The molecule has 2 atom stereocenters. The minimum absolute atomic E-state index is 0.0569. The predicted octanol–water partition coefficient (Wildman–Crippen LogP) is 6.07. The SMILES string of the molecule is CCC(OCC(O)CN1CCCC1)c1ccc(Cl)cc1CCC(=O)O.Cc1ccc(Cl)c(F)c1. The Kier molecular flexibility index (Phi) is 12.3. The van der Waals surface area contributed by atoms with Gasteiger partial charge in [0.05, 0.1) is 23.8 Å². The van der Waals surface area contributed by atoms with Crippen molar-refractivity contribution >= 4 is 29.2 Å². The molecule has 2 N–H and O–H groups in total. The van der Waals surface area contributed by atoms with E-state index in [0.717, 1.165) is 36.2 Å². The Bertz CT molecular complexity index is 922. The van der Waals surface area contributed by atoms with E-state index in [1.54, 1.807) is 18.2 Å². The van der Waals surface area contributed by atoms with Crippen LogP contribution in [0, 0.1) is 12.7 Å². The second-order valence-corrected chi connectivity index (χ2v) is 9.39. The molecule has 0 radical (unpaired) electrons. The number of nitrogens with zero attached hydrogens (tertiary/aromatic N) is 1. The zero-order valence-electron chi connectivity index (χ0n) is 19.8. The lowest BCUT2D eigenvalue weighted by Crippen LogP contribution is -2.33. The Labute approximate surface area is 211 Å². The van der Waals surface area contributed by atoms with Crippen LogP contribution in [0.5, 0.6) is 0 Å². The molecule has 0 spiro atoms. The average molecular weight is 514 g/mol. The van der Waals surface area contributed by atoms with Gasteiger partial charge in [-0.2, -0.15) is 0 Å². The summed E-state index contributed by atoms with van der Waals surface area (Å²) < 4.78 is 18.4. The summed E-state index contributed by atoms with van der Waals surface area (Å²) in [6.45, 7) is 6.85. The molecular weight excluding hydrogens is 480 g/mol. The molecule has 3 rings (SSSR count). The summed E-state index contributed by atoms with van der Waals surface area (Å²) in [6.07, 6.45) is 2.93. The van der Waals surface area contributed by atoms with E-state index >= 15 is 0 Å². The summed E-state index contributed by atoms with van der Waals surface area (Å²) in [5.41, 5.74) is 2.74. The normalized spacial score (nSPS) is 15.5. The molecule has 2 aromatic rings. The molecule has 188 valence electrons. The Hall–Kier alpha value is -1.70. The highest BCUT2D eigenvalue weighted by Crippen LogP contribution is 2.28. The first-order valence-electron chi connectivity index (χ1n) is 11.6. The number of ether oxygens (including phenoxy) is 1. The summed E-state index contributed by atoms with van der Waals surface area (Å²) in [5.74, 6) is -1.18. The van der Waals surface area contributed by atoms with Crippen molar-refractivity contribution in [3.05, 3.63) is 69.0 Å². The van der Waals surface area contributed by atoms with E-state index < -0.39 is 12.1 Å². The van der Waals surface area contributed by atoms with Crippen LogP contribution in [0.25, 0.3) is 0 Å². The maximum Gasteiger partial charge on any atom is 0.303 e. The van der Waals surface area contributed by atoms with E-state index in [-0.39, 0.29) is 30.0 Å². The number of aryl methyl sites for hydroxylation is 2. The predicted molar refractivity (Wildman–Crippen MR) is 134 cm³/mol. The molecule has 0 aromatic heterocycles. The van der Waals surface area contributed by atoms with Crippen LogP contribution < -0.4 is 0 Å². The van der Waals surface area contributed by atoms with Crippen molar-refractivity contribution < 1.29 is 24.1 Å². The Morgan fingerprint density at radius 1 is 1.18 bits per heavy atom. The molecule has 2 aromatic carbocycles. The lowest BCUT2D eigenvalue weighted by atomic mass is 9.97. The molecule has 1 heterocycles. The zero-order chi connectivity index (χ0) is 25.1. The number of hydrogen-bond acceptors (Lipinski definition) is 4. The molecule has 5 nitrogen and oxygen atoms in total. The summed E-state index contributed by atoms with van der Waals surface area (Å²) >= 11 is 11.5. The van der Waals surface area contributed by atoms with Crippen LogP contribution in [-0.4, -0.2) is 53.4 Å². The van der Waals surface area contributed by atoms with Crippen LogP contribution in [0.2, 0.25) is 10.0 Å². The van der Waals surface area contributed by atoms with E-state index in [1.165, 1.54) is 18.9 Å². The summed E-state index contributed by atoms with van der Waals surface area (Å²) in [6, 6.07) is 10.2. The lowest BCUT2D eigenvalue weighted by molar-refractivity contribution is -0.136. The first-order chi connectivity index (χ1) is 16.2. The minimum Gasteiger partial charge on any atom is -0.481 e. The number of hydrogen-bond donors (Lipinski definition) is 2. The van der Waals surface area contributed by atoms with Crippen molar-refractivity contribution in [3.63, 3.8) is 0 Å². The molecule has 0 aliphatic carbocycles. The first kappa shape index (κ1) is 28.5. The Balaban J connectivity index is 0.000000379. The molecule has 0 bridgehead atoms. The summed E-state index contributed by atoms with van der Waals surface area (Å²) in [4.78, 5) is 13.1. The quantitative estimate of drug-likeness (QED) is 0.403. The van der Waals surface area contributed by atoms with Crippen LogP contribution in [0.1, 0.15) is 55.4 Å². The number of aliphatic hydroxyl groups is 1. The van der Waals surface area contributed by atoms with Crippen molar-refractivity contribution in [1.82, 2.24) is 4.90 Å². The number of carboxylic acids is 1. The fraction of sp³-hybridized carbons (Fsp3) is 0.500. The van der Waals surface area contributed by atoms with Gasteiger partial charge in [-0.05, 0) is 86.7 Å². The molecule has 0 amide bonds. The molecule has 1 saturated heterocycles. The van der Waals surface area contributed by atoms with E-state index in [9.17, 15) is 14.3 Å². The number of likely N-dealkylation sites (tertiary alicyclic amines) is 1. The summed E-state index contributed by atoms with van der Waals surface area (Å²) in [7, 11) is 0. The van der Waals surface area contributed by atoms with Crippen LogP contribution in [0.15, 0.2) is 36.4 Å². The summed E-state index contributed by atoms with van der Waals surface area (Å²) in [5, 5.41) is 19.9. The van der Waals surface area contributed by atoms with Crippen molar-refractivity contribution in [2.45, 2.75) is 58.2 Å². The fourth-order valence-electron chi connectivity index (χ4n) is 3.92. The first-order valence-corrected chi connectivity index (χ1v) is 12.4. The van der Waals surface area contributed by atoms with Crippen LogP contribution >= 0.6 is 23.2 Å². The Morgan fingerprint density at radius 2 is 1.88 bits per heavy atom. The monoisotopic (exact) mass is 513 g/mol. The topological polar surface area (TPSA) is 70.0 Å². The number of halogens is 3. The number of β-amino-alcohol motifs (C(OH)–C–C–N with tert-alkyl or cyclic N) is 1. The maximum atomic E-state index is 12.4. The standard InChI is InChI=1S/C19H28ClNO4.C7H6ClF/c1-2-18(25-13-16(22)12-21-9-3-4-10-21)17-7-6-15(20)11-14(17)5-8-19(23)24;1-5-2-3-6(8)7(9)4-5/h6-7,11,16,18,22H,2-5,8-10,12-13H2,1H3,(H,23,24);2-4H,1H3. The van der Waals surface area contributed by atoms with Crippen molar-refractivity contribution in [2.75, 3.05) is 26.2 Å². The molecule has 1 aliphatic heterocycles. The van der Waals surface area contributed by atoms with E-state index in [2.05, 4.69) is 4.90 Å². The van der Waals surface area contributed by atoms with Gasteiger partial charge in [0, 0.05) is 18.0 Å². The molecule has 1 aliphatic rings. The van der Waals surface area contributed by atoms with Gasteiger partial charge in [-0.3, -0.25) is 4.79 Å². The zero-order valence-corrected chi connectivity index (χ0v) is 21.3. The molecule has 8 heteroatoms. The third-order valence-corrected chi connectivity index (χ3v) is 6.21. The second kappa shape index (κ2) is 14.6. The molecule has 0 saturated carbocycles. The van der Waals surface area contributed by atoms with Gasteiger partial charge in [-0.15, -0.1) is 0 Å². The van der Waals surface area contributed by atoms with Crippen LogP contribution in [0.3, 0.4) is 0 Å². The van der Waals surface area contributed by atoms with Gasteiger partial charge in [0.2, 0.25) is 0 Å². The van der Waals surface area contributed by atoms with E-state index in [0.29, 0.717) is 18.0 Å². The number of benzene rings is 2. The number of carbonyl (C=O) groups is 1. The third-order valence-electron chi connectivity index (χ3n) is 5.66. The Morgan fingerprint density at radius 3 is 2.47 bits per heavy atom. The molecule has 1 fully saturated rings. The second-order valence-electron chi connectivity index (χ2n) is 8.55. The van der Waals surface area contributed by atoms with Gasteiger partial charge >= 0.3 is 5.97 Å². The highest BCUT2D eigenvalue weighted by atomic mass is 35.5. The highest BCUT2D eigenvalue weighted by Gasteiger charge is 2.20. The van der Waals surface area contributed by atoms with Gasteiger partial charge < -0.3 is 19.8 Å². The van der Waals surface area contributed by atoms with Gasteiger partial charge in [-0.25, -0.2) is 4.39 Å². The number of aliphatic hydroxyl groups excluding tert-OH is 1. The lowest BCUT2D eigenvalue weighted by Gasteiger charge is -2.24. The van der Waals surface area contributed by atoms with E-state index in [4.69, 9.17) is 33.0 Å². The molecular formula is C26H34Cl2FNO4. The minimum atomic E-state index is -0.832. The average Bonchev–Trinajstić information content (AvgIpc) is 3.30. The van der Waals surface area contributed by atoms with Crippen molar-refractivity contribution in [1.29, 1.82) is 0 Å². The molecule has 2 unspecified atom stereocenters. The van der Waals surface area contributed by atoms with Crippen molar-refractivity contribution in [2.24, 2.45) is 0 Å². The fourth-order valence-corrected chi connectivity index (χ4v) is 4.23. The van der Waals surface area contributed by atoms with Gasteiger partial charge in [0.15, 0.2) is 0 Å². The van der Waals surface area contributed by atoms with Gasteiger partial charge in [0.1, 0.15) is 5.82 Å². The highest BCUT2D eigenvalue weighted by molar-refractivity contribution is 6.31. The van der Waals surface area contributed by atoms with E-state index in [1.807, 2.05) is 26.0 Å². The van der Waals surface area contributed by atoms with Crippen LogP contribution in [-0.2, 0) is 16.0 Å². The number of aliphatic carboxylic acids is 1. The number of carboxylic acid groups (broad SMARTS) is 1. The smallest absolute Gasteiger partial charge is 0.303 e.